The molecule has 0 saturated heterocycles. The van der Waals surface area contributed by atoms with E-state index in [1.54, 1.807) is 0 Å². The first-order valence-electron chi connectivity index (χ1n) is 7.32. The van der Waals surface area contributed by atoms with Crippen LogP contribution < -0.4 is 11.1 Å². The number of amides is 1. The summed E-state index contributed by atoms with van der Waals surface area (Å²) in [7, 11) is 2.08. The number of ether oxygens (including phenoxy) is 1. The van der Waals surface area contributed by atoms with Crippen molar-refractivity contribution < 1.29 is 9.53 Å². The minimum atomic E-state index is -0.458. The van der Waals surface area contributed by atoms with Gasteiger partial charge in [-0.05, 0) is 39.7 Å². The van der Waals surface area contributed by atoms with Crippen LogP contribution in [0, 0.1) is 5.41 Å². The van der Waals surface area contributed by atoms with Crippen molar-refractivity contribution in [3.8, 4) is 0 Å². The zero-order valence-corrected chi connectivity index (χ0v) is 14.2. The first-order chi connectivity index (χ1) is 8.94. The van der Waals surface area contributed by atoms with E-state index in [2.05, 4.69) is 38.0 Å². The highest BCUT2D eigenvalue weighted by molar-refractivity contribution is 5.67. The van der Waals surface area contributed by atoms with E-state index in [0.717, 1.165) is 13.0 Å². The van der Waals surface area contributed by atoms with Gasteiger partial charge in [0, 0.05) is 25.7 Å². The third-order valence-electron chi connectivity index (χ3n) is 2.76. The predicted molar refractivity (Wildman–Crippen MR) is 83.8 cm³/mol. The van der Waals surface area contributed by atoms with Crippen molar-refractivity contribution in [2.24, 2.45) is 11.1 Å². The molecule has 0 heterocycles. The average molecular weight is 287 g/mol. The van der Waals surface area contributed by atoms with Gasteiger partial charge in [-0.3, -0.25) is 0 Å². The van der Waals surface area contributed by atoms with Crippen molar-refractivity contribution in [2.75, 3.05) is 26.7 Å². The Hall–Kier alpha value is -0.810. The molecule has 0 aromatic carbocycles. The van der Waals surface area contributed by atoms with E-state index in [0.29, 0.717) is 13.1 Å². The summed E-state index contributed by atoms with van der Waals surface area (Å²) in [5.41, 5.74) is 5.60. The van der Waals surface area contributed by atoms with Crippen LogP contribution in [0.5, 0.6) is 0 Å². The van der Waals surface area contributed by atoms with Gasteiger partial charge in [0.15, 0.2) is 0 Å². The summed E-state index contributed by atoms with van der Waals surface area (Å²) in [6, 6.07) is 0.268. The molecule has 0 saturated carbocycles. The molecule has 120 valence electrons. The number of carbonyl (C=O) groups is 1. The zero-order chi connectivity index (χ0) is 16.0. The number of likely N-dealkylation sites (N-methyl/N-ethyl adjacent to an activating group) is 1. The van der Waals surface area contributed by atoms with E-state index < -0.39 is 5.60 Å². The number of nitrogens with one attached hydrogen (secondary N) is 1. The van der Waals surface area contributed by atoms with Crippen molar-refractivity contribution >= 4 is 6.09 Å². The van der Waals surface area contributed by atoms with Crippen molar-refractivity contribution in [1.29, 1.82) is 0 Å². The Bertz CT molecular complexity index is 292. The molecule has 0 aromatic rings. The van der Waals surface area contributed by atoms with Crippen LogP contribution in [0.15, 0.2) is 0 Å². The SMILES string of the molecule is CN(CC(C)(C)C)C(CN)CCNC(=O)OC(C)(C)C. The summed E-state index contributed by atoms with van der Waals surface area (Å²) in [4.78, 5) is 13.8. The van der Waals surface area contributed by atoms with Gasteiger partial charge in [0.2, 0.25) is 0 Å². The maximum absolute atomic E-state index is 11.5. The normalized spacial score (nSPS) is 14.2. The van der Waals surface area contributed by atoms with Crippen LogP contribution >= 0.6 is 0 Å². The van der Waals surface area contributed by atoms with Gasteiger partial charge in [0.25, 0.3) is 0 Å². The van der Waals surface area contributed by atoms with Gasteiger partial charge in [0.1, 0.15) is 5.60 Å². The van der Waals surface area contributed by atoms with Crippen LogP contribution in [0.4, 0.5) is 4.79 Å². The lowest BCUT2D eigenvalue weighted by atomic mass is 9.95. The van der Waals surface area contributed by atoms with Crippen LogP contribution in [-0.4, -0.2) is 49.3 Å². The third kappa shape index (κ3) is 10.0. The molecule has 0 rings (SSSR count). The second kappa shape index (κ2) is 7.84. The highest BCUT2D eigenvalue weighted by atomic mass is 16.6. The lowest BCUT2D eigenvalue weighted by Gasteiger charge is -2.32. The van der Waals surface area contributed by atoms with Crippen molar-refractivity contribution in [1.82, 2.24) is 10.2 Å². The Labute approximate surface area is 124 Å². The average Bonchev–Trinajstić information content (AvgIpc) is 2.18. The lowest BCUT2D eigenvalue weighted by Crippen LogP contribution is -2.44. The van der Waals surface area contributed by atoms with Crippen molar-refractivity contribution in [3.63, 3.8) is 0 Å². The summed E-state index contributed by atoms with van der Waals surface area (Å²) in [6.07, 6.45) is 0.453. The molecule has 0 aromatic heterocycles. The fraction of sp³-hybridized carbons (Fsp3) is 0.933. The molecule has 0 aliphatic heterocycles. The zero-order valence-electron chi connectivity index (χ0n) is 14.2. The molecule has 1 atom stereocenters. The van der Waals surface area contributed by atoms with Crippen LogP contribution in [0.2, 0.25) is 0 Å². The second-order valence-electron chi connectivity index (χ2n) is 7.58. The molecular weight excluding hydrogens is 254 g/mol. The summed E-state index contributed by atoms with van der Waals surface area (Å²) in [5.74, 6) is 0. The van der Waals surface area contributed by atoms with E-state index in [1.165, 1.54) is 0 Å². The van der Waals surface area contributed by atoms with Gasteiger partial charge < -0.3 is 20.7 Å². The van der Waals surface area contributed by atoms with Crippen LogP contribution in [0.1, 0.15) is 48.0 Å². The Kier molecular flexibility index (Phi) is 7.52. The summed E-state index contributed by atoms with van der Waals surface area (Å²) >= 11 is 0. The van der Waals surface area contributed by atoms with E-state index in [-0.39, 0.29) is 17.6 Å². The number of rotatable bonds is 6. The second-order valence-corrected chi connectivity index (χ2v) is 7.58. The maximum atomic E-state index is 11.5. The molecule has 20 heavy (non-hydrogen) atoms. The number of nitrogens with two attached hydrogens (primary N) is 1. The smallest absolute Gasteiger partial charge is 0.407 e. The van der Waals surface area contributed by atoms with Gasteiger partial charge in [-0.15, -0.1) is 0 Å². The summed E-state index contributed by atoms with van der Waals surface area (Å²) in [6.45, 7) is 14.3. The highest BCUT2D eigenvalue weighted by Gasteiger charge is 2.20. The fourth-order valence-electron chi connectivity index (χ4n) is 2.05. The van der Waals surface area contributed by atoms with Gasteiger partial charge in [0.05, 0.1) is 0 Å². The molecule has 5 nitrogen and oxygen atoms in total. The Morgan fingerprint density at radius 2 is 1.80 bits per heavy atom. The van der Waals surface area contributed by atoms with Gasteiger partial charge in [-0.1, -0.05) is 20.8 Å². The molecule has 1 amide bonds. The summed E-state index contributed by atoms with van der Waals surface area (Å²) < 4.78 is 5.20. The maximum Gasteiger partial charge on any atom is 0.407 e. The standard InChI is InChI=1S/C15H33N3O2/c1-14(2,3)11-18(7)12(10-16)8-9-17-13(19)20-15(4,5)6/h12H,8-11,16H2,1-7H3,(H,17,19). The third-order valence-corrected chi connectivity index (χ3v) is 2.76. The number of alkyl carbamates (subject to hydrolysis) is 1. The number of carbonyl (C=O) groups excluding carboxylic acids is 1. The highest BCUT2D eigenvalue weighted by Crippen LogP contribution is 2.16. The van der Waals surface area contributed by atoms with Gasteiger partial charge >= 0.3 is 6.09 Å². The molecule has 0 radical (unpaired) electrons. The molecule has 0 bridgehead atoms. The molecule has 0 spiro atoms. The van der Waals surface area contributed by atoms with Crippen molar-refractivity contribution in [2.45, 2.75) is 59.6 Å². The largest absolute Gasteiger partial charge is 0.444 e. The van der Waals surface area contributed by atoms with Gasteiger partial charge in [-0.25, -0.2) is 4.79 Å². The lowest BCUT2D eigenvalue weighted by molar-refractivity contribution is 0.0521. The van der Waals surface area contributed by atoms with Gasteiger partial charge in [-0.2, -0.15) is 0 Å². The number of hydrogen-bond acceptors (Lipinski definition) is 4. The predicted octanol–water partition coefficient (Wildman–Crippen LogP) is 2.21. The molecule has 5 heteroatoms. The van der Waals surface area contributed by atoms with E-state index in [4.69, 9.17) is 10.5 Å². The Morgan fingerprint density at radius 1 is 1.25 bits per heavy atom. The van der Waals surface area contributed by atoms with E-state index >= 15 is 0 Å². The molecule has 3 N–H and O–H groups in total. The minimum absolute atomic E-state index is 0.237. The Morgan fingerprint density at radius 3 is 2.20 bits per heavy atom. The van der Waals surface area contributed by atoms with E-state index in [9.17, 15) is 4.79 Å². The number of nitrogens with zero attached hydrogens (tertiary/aromatic N) is 1. The molecule has 0 fully saturated rings. The van der Waals surface area contributed by atoms with Crippen molar-refractivity contribution in [3.05, 3.63) is 0 Å². The molecular formula is C15H33N3O2. The van der Waals surface area contributed by atoms with Crippen LogP contribution in [0.3, 0.4) is 0 Å². The molecule has 1 unspecified atom stereocenters. The minimum Gasteiger partial charge on any atom is -0.444 e. The molecule has 0 aliphatic rings. The first-order valence-corrected chi connectivity index (χ1v) is 7.32. The van der Waals surface area contributed by atoms with Crippen LogP contribution in [0.25, 0.3) is 0 Å². The van der Waals surface area contributed by atoms with E-state index in [1.807, 2.05) is 20.8 Å². The molecule has 0 aliphatic carbocycles. The summed E-state index contributed by atoms with van der Waals surface area (Å²) in [5, 5.41) is 2.78. The fourth-order valence-corrected chi connectivity index (χ4v) is 2.05. The first kappa shape index (κ1) is 19.2. The van der Waals surface area contributed by atoms with Crippen LogP contribution in [-0.2, 0) is 4.74 Å². The quantitative estimate of drug-likeness (QED) is 0.786. The monoisotopic (exact) mass is 287 g/mol. The number of hydrogen-bond donors (Lipinski definition) is 2. The topological polar surface area (TPSA) is 67.6 Å². The Balaban J connectivity index is 4.11.